The lowest BCUT2D eigenvalue weighted by atomic mass is 10.0. The maximum atomic E-state index is 13.0. The highest BCUT2D eigenvalue weighted by Gasteiger charge is 2.30. The van der Waals surface area contributed by atoms with Crippen LogP contribution in [0, 0.1) is 0 Å². The van der Waals surface area contributed by atoms with E-state index < -0.39 is 0 Å². The molecule has 0 aliphatic carbocycles. The van der Waals surface area contributed by atoms with Crippen LogP contribution >= 0.6 is 11.6 Å². The SMILES string of the molecule is COc1cccc(C(=O)N2CCC[C@H](N3CCN(c4cccc(Cl)c4)CC3)C2)c1. The van der Waals surface area contributed by atoms with Gasteiger partial charge >= 0.3 is 0 Å². The molecule has 0 spiro atoms. The summed E-state index contributed by atoms with van der Waals surface area (Å²) in [7, 11) is 1.63. The summed E-state index contributed by atoms with van der Waals surface area (Å²) in [5, 5.41) is 0.781. The van der Waals surface area contributed by atoms with Gasteiger partial charge in [-0.2, -0.15) is 0 Å². The largest absolute Gasteiger partial charge is 0.497 e. The molecule has 6 heteroatoms. The van der Waals surface area contributed by atoms with Gasteiger partial charge in [-0.05, 0) is 49.2 Å². The van der Waals surface area contributed by atoms with Crippen molar-refractivity contribution in [3.8, 4) is 5.75 Å². The van der Waals surface area contributed by atoms with Gasteiger partial charge in [0.2, 0.25) is 0 Å². The molecule has 154 valence electrons. The average Bonchev–Trinajstić information content (AvgIpc) is 2.79. The van der Waals surface area contributed by atoms with E-state index in [2.05, 4.69) is 15.9 Å². The second-order valence-corrected chi connectivity index (χ2v) is 8.22. The number of carbonyl (C=O) groups is 1. The van der Waals surface area contributed by atoms with Gasteiger partial charge in [0.1, 0.15) is 5.75 Å². The lowest BCUT2D eigenvalue weighted by Gasteiger charge is -2.44. The molecule has 0 N–H and O–H groups in total. The van der Waals surface area contributed by atoms with Crippen LogP contribution in [0.5, 0.6) is 5.75 Å². The Kier molecular flexibility index (Phi) is 6.26. The molecule has 0 unspecified atom stereocenters. The van der Waals surface area contributed by atoms with Crippen molar-refractivity contribution in [3.05, 3.63) is 59.1 Å². The van der Waals surface area contributed by atoms with Crippen molar-refractivity contribution in [1.29, 1.82) is 0 Å². The Morgan fingerprint density at radius 3 is 2.59 bits per heavy atom. The highest BCUT2D eigenvalue weighted by molar-refractivity contribution is 6.30. The number of ether oxygens (including phenoxy) is 1. The Morgan fingerprint density at radius 2 is 1.83 bits per heavy atom. The van der Waals surface area contributed by atoms with Gasteiger partial charge in [0, 0.05) is 61.6 Å². The molecule has 4 rings (SSSR count). The van der Waals surface area contributed by atoms with Gasteiger partial charge < -0.3 is 14.5 Å². The van der Waals surface area contributed by atoms with Crippen LogP contribution < -0.4 is 9.64 Å². The van der Waals surface area contributed by atoms with Crippen LogP contribution in [0.3, 0.4) is 0 Å². The van der Waals surface area contributed by atoms with Gasteiger partial charge in [0.05, 0.1) is 7.11 Å². The van der Waals surface area contributed by atoms with E-state index in [9.17, 15) is 4.79 Å². The second-order valence-electron chi connectivity index (χ2n) is 7.78. The zero-order valence-corrected chi connectivity index (χ0v) is 17.6. The number of piperidine rings is 1. The minimum absolute atomic E-state index is 0.103. The van der Waals surface area contributed by atoms with E-state index in [0.717, 1.165) is 62.9 Å². The van der Waals surface area contributed by atoms with E-state index in [0.29, 0.717) is 11.6 Å². The van der Waals surface area contributed by atoms with Gasteiger partial charge in [-0.15, -0.1) is 0 Å². The van der Waals surface area contributed by atoms with Crippen molar-refractivity contribution in [2.24, 2.45) is 0 Å². The number of benzene rings is 2. The number of halogens is 1. The van der Waals surface area contributed by atoms with Crippen LogP contribution in [0.2, 0.25) is 5.02 Å². The fraction of sp³-hybridized carbons (Fsp3) is 0.435. The molecule has 2 heterocycles. The normalized spacial score (nSPS) is 20.6. The standard InChI is InChI=1S/C23H28ClN3O2/c1-29-22-9-2-5-18(15-22)23(28)27-10-4-8-21(17-27)26-13-11-25(12-14-26)20-7-3-6-19(24)16-20/h2-3,5-7,9,15-16,21H,4,8,10-14,17H2,1H3/t21-/m0/s1. The molecule has 2 aromatic rings. The smallest absolute Gasteiger partial charge is 0.254 e. The molecule has 2 fully saturated rings. The number of piperazine rings is 1. The van der Waals surface area contributed by atoms with Crippen LogP contribution in [-0.4, -0.2) is 68.1 Å². The highest BCUT2D eigenvalue weighted by Crippen LogP contribution is 2.24. The predicted octanol–water partition coefficient (Wildman–Crippen LogP) is 3.78. The molecule has 2 aliphatic heterocycles. The molecule has 2 aliphatic rings. The number of hydrogen-bond acceptors (Lipinski definition) is 4. The first-order valence-electron chi connectivity index (χ1n) is 10.3. The number of amides is 1. The maximum absolute atomic E-state index is 13.0. The second kappa shape index (κ2) is 9.06. The van der Waals surface area contributed by atoms with Crippen molar-refractivity contribution in [2.75, 3.05) is 51.3 Å². The highest BCUT2D eigenvalue weighted by atomic mass is 35.5. The molecule has 0 radical (unpaired) electrons. The molecule has 5 nitrogen and oxygen atoms in total. The van der Waals surface area contributed by atoms with Crippen molar-refractivity contribution in [1.82, 2.24) is 9.80 Å². The predicted molar refractivity (Wildman–Crippen MR) is 117 cm³/mol. The summed E-state index contributed by atoms with van der Waals surface area (Å²) in [6, 6.07) is 16.0. The fourth-order valence-corrected chi connectivity index (χ4v) is 4.58. The molecule has 0 saturated carbocycles. The molecule has 2 saturated heterocycles. The number of nitrogens with zero attached hydrogens (tertiary/aromatic N) is 3. The van der Waals surface area contributed by atoms with E-state index in [4.69, 9.17) is 16.3 Å². The van der Waals surface area contributed by atoms with Crippen molar-refractivity contribution < 1.29 is 9.53 Å². The number of likely N-dealkylation sites (tertiary alicyclic amines) is 1. The monoisotopic (exact) mass is 413 g/mol. The van der Waals surface area contributed by atoms with Crippen LogP contribution in [0.15, 0.2) is 48.5 Å². The van der Waals surface area contributed by atoms with Gasteiger partial charge in [0.25, 0.3) is 5.91 Å². The number of hydrogen-bond donors (Lipinski definition) is 0. The van der Waals surface area contributed by atoms with Crippen LogP contribution in [0.1, 0.15) is 23.2 Å². The van der Waals surface area contributed by atoms with E-state index in [1.165, 1.54) is 5.69 Å². The Hall–Kier alpha value is -2.24. The molecule has 0 aromatic heterocycles. The number of carbonyl (C=O) groups excluding carboxylic acids is 1. The molecule has 29 heavy (non-hydrogen) atoms. The first kappa shape index (κ1) is 20.0. The Labute approximate surface area is 177 Å². The first-order chi connectivity index (χ1) is 14.1. The van der Waals surface area contributed by atoms with Crippen LogP contribution in [-0.2, 0) is 0 Å². The van der Waals surface area contributed by atoms with Gasteiger partial charge in [-0.25, -0.2) is 0 Å². The van der Waals surface area contributed by atoms with Gasteiger partial charge in [0.15, 0.2) is 0 Å². The third-order valence-corrected chi connectivity index (χ3v) is 6.24. The minimum Gasteiger partial charge on any atom is -0.497 e. The zero-order chi connectivity index (χ0) is 20.2. The number of anilines is 1. The average molecular weight is 414 g/mol. The summed E-state index contributed by atoms with van der Waals surface area (Å²) in [6.07, 6.45) is 2.20. The Morgan fingerprint density at radius 1 is 1.03 bits per heavy atom. The van der Waals surface area contributed by atoms with E-state index in [1.807, 2.05) is 47.4 Å². The lowest BCUT2D eigenvalue weighted by molar-refractivity contribution is 0.0563. The van der Waals surface area contributed by atoms with Crippen LogP contribution in [0.4, 0.5) is 5.69 Å². The Bertz CT molecular complexity index is 852. The molecule has 1 atom stereocenters. The maximum Gasteiger partial charge on any atom is 0.254 e. The molecular formula is C23H28ClN3O2. The quantitative estimate of drug-likeness (QED) is 0.764. The summed E-state index contributed by atoms with van der Waals surface area (Å²) < 4.78 is 5.27. The summed E-state index contributed by atoms with van der Waals surface area (Å²) in [4.78, 5) is 19.9. The fourth-order valence-electron chi connectivity index (χ4n) is 4.39. The van der Waals surface area contributed by atoms with Crippen molar-refractivity contribution >= 4 is 23.2 Å². The van der Waals surface area contributed by atoms with Crippen LogP contribution in [0.25, 0.3) is 0 Å². The number of rotatable bonds is 4. The lowest BCUT2D eigenvalue weighted by Crippen LogP contribution is -2.55. The minimum atomic E-state index is 0.103. The zero-order valence-electron chi connectivity index (χ0n) is 16.9. The van der Waals surface area contributed by atoms with Crippen molar-refractivity contribution in [3.63, 3.8) is 0 Å². The van der Waals surface area contributed by atoms with E-state index >= 15 is 0 Å². The molecule has 1 amide bonds. The van der Waals surface area contributed by atoms with E-state index in [1.54, 1.807) is 7.11 Å². The summed E-state index contributed by atoms with van der Waals surface area (Å²) in [6.45, 7) is 5.63. The van der Waals surface area contributed by atoms with E-state index in [-0.39, 0.29) is 5.91 Å². The third kappa shape index (κ3) is 4.68. The number of methoxy groups -OCH3 is 1. The molecule has 0 bridgehead atoms. The summed E-state index contributed by atoms with van der Waals surface area (Å²) in [5.74, 6) is 0.827. The Balaban J connectivity index is 1.36. The summed E-state index contributed by atoms with van der Waals surface area (Å²) >= 11 is 6.15. The van der Waals surface area contributed by atoms with Crippen molar-refractivity contribution in [2.45, 2.75) is 18.9 Å². The third-order valence-electron chi connectivity index (χ3n) is 6.00. The topological polar surface area (TPSA) is 36.0 Å². The molecule has 2 aromatic carbocycles. The van der Waals surface area contributed by atoms with Gasteiger partial charge in [-0.1, -0.05) is 23.7 Å². The first-order valence-corrected chi connectivity index (χ1v) is 10.7. The summed E-state index contributed by atoms with van der Waals surface area (Å²) in [5.41, 5.74) is 1.89. The molecular weight excluding hydrogens is 386 g/mol. The van der Waals surface area contributed by atoms with Gasteiger partial charge in [-0.3, -0.25) is 9.69 Å².